The van der Waals surface area contributed by atoms with Crippen LogP contribution in [0.25, 0.3) is 0 Å². The number of pyridine rings is 1. The molecule has 0 saturated heterocycles. The van der Waals surface area contributed by atoms with E-state index in [1.807, 2.05) is 18.2 Å². The SMILES string of the molecule is Cl.Cl.NCC(NC(=O)CSCc1ccccn1)C1CCCCC1. The first-order valence-electron chi connectivity index (χ1n) is 7.76. The molecule has 1 amide bonds. The lowest BCUT2D eigenvalue weighted by Gasteiger charge is -2.30. The Morgan fingerprint density at radius 2 is 2.04 bits per heavy atom. The Bertz CT molecular complexity index is 431. The molecule has 7 heteroatoms. The number of aromatic nitrogens is 1. The van der Waals surface area contributed by atoms with Gasteiger partial charge in [0, 0.05) is 24.5 Å². The zero-order chi connectivity index (χ0) is 14.9. The Kier molecular flexibility index (Phi) is 12.6. The molecule has 132 valence electrons. The van der Waals surface area contributed by atoms with Crippen LogP contribution in [-0.2, 0) is 10.5 Å². The summed E-state index contributed by atoms with van der Waals surface area (Å²) in [5, 5.41) is 3.12. The third kappa shape index (κ3) is 8.25. The first-order valence-corrected chi connectivity index (χ1v) is 8.92. The summed E-state index contributed by atoms with van der Waals surface area (Å²) in [5.41, 5.74) is 6.85. The van der Waals surface area contributed by atoms with Crippen LogP contribution in [0, 0.1) is 5.92 Å². The van der Waals surface area contributed by atoms with Gasteiger partial charge >= 0.3 is 0 Å². The van der Waals surface area contributed by atoms with Crippen molar-refractivity contribution in [2.45, 2.75) is 43.9 Å². The van der Waals surface area contributed by atoms with Gasteiger partial charge in [0.2, 0.25) is 5.91 Å². The number of amides is 1. The van der Waals surface area contributed by atoms with Gasteiger partial charge in [-0.3, -0.25) is 9.78 Å². The maximum Gasteiger partial charge on any atom is 0.230 e. The monoisotopic (exact) mass is 379 g/mol. The van der Waals surface area contributed by atoms with E-state index in [0.717, 1.165) is 11.4 Å². The van der Waals surface area contributed by atoms with E-state index in [9.17, 15) is 4.79 Å². The van der Waals surface area contributed by atoms with Crippen molar-refractivity contribution in [2.24, 2.45) is 11.7 Å². The Morgan fingerprint density at radius 3 is 2.65 bits per heavy atom. The number of nitrogens with two attached hydrogens (primary N) is 1. The van der Waals surface area contributed by atoms with Gasteiger partial charge in [-0.25, -0.2) is 0 Å². The van der Waals surface area contributed by atoms with Crippen LogP contribution in [0.1, 0.15) is 37.8 Å². The van der Waals surface area contributed by atoms with E-state index in [4.69, 9.17) is 5.73 Å². The first kappa shape index (κ1) is 22.5. The quantitative estimate of drug-likeness (QED) is 0.762. The summed E-state index contributed by atoms with van der Waals surface area (Å²) in [6.07, 6.45) is 8.04. The molecule has 1 aromatic heterocycles. The second-order valence-electron chi connectivity index (χ2n) is 5.62. The van der Waals surface area contributed by atoms with E-state index in [2.05, 4.69) is 10.3 Å². The second-order valence-corrected chi connectivity index (χ2v) is 6.61. The summed E-state index contributed by atoms with van der Waals surface area (Å²) in [7, 11) is 0. The minimum Gasteiger partial charge on any atom is -0.351 e. The highest BCUT2D eigenvalue weighted by Gasteiger charge is 2.23. The molecule has 1 aliphatic rings. The van der Waals surface area contributed by atoms with Crippen molar-refractivity contribution in [3.63, 3.8) is 0 Å². The maximum atomic E-state index is 12.0. The molecule has 4 nitrogen and oxygen atoms in total. The molecular formula is C16H27Cl2N3OS. The number of hydrogen-bond donors (Lipinski definition) is 2. The highest BCUT2D eigenvalue weighted by molar-refractivity contribution is 7.99. The number of rotatable bonds is 7. The Morgan fingerprint density at radius 1 is 1.30 bits per heavy atom. The van der Waals surface area contributed by atoms with Crippen LogP contribution in [0.3, 0.4) is 0 Å². The lowest BCUT2D eigenvalue weighted by Crippen LogP contribution is -2.46. The van der Waals surface area contributed by atoms with Gasteiger partial charge in [0.1, 0.15) is 0 Å². The van der Waals surface area contributed by atoms with E-state index < -0.39 is 0 Å². The number of halogens is 2. The normalized spacial score (nSPS) is 15.9. The summed E-state index contributed by atoms with van der Waals surface area (Å²) in [6, 6.07) is 6.00. The Labute approximate surface area is 155 Å². The molecule has 1 heterocycles. The zero-order valence-corrected chi connectivity index (χ0v) is 15.7. The summed E-state index contributed by atoms with van der Waals surface area (Å²) in [6.45, 7) is 0.543. The predicted octanol–water partition coefficient (Wildman–Crippen LogP) is 3.18. The molecule has 23 heavy (non-hydrogen) atoms. The van der Waals surface area contributed by atoms with E-state index in [1.54, 1.807) is 18.0 Å². The number of hydrogen-bond acceptors (Lipinski definition) is 4. The van der Waals surface area contributed by atoms with Gasteiger partial charge in [0.25, 0.3) is 0 Å². The van der Waals surface area contributed by atoms with Gasteiger partial charge in [0.05, 0.1) is 11.4 Å². The number of carbonyl (C=O) groups excluding carboxylic acids is 1. The van der Waals surface area contributed by atoms with Crippen LogP contribution >= 0.6 is 36.6 Å². The Balaban J connectivity index is 0.00000242. The average Bonchev–Trinajstić information content (AvgIpc) is 2.54. The van der Waals surface area contributed by atoms with Crippen LogP contribution in [0.2, 0.25) is 0 Å². The van der Waals surface area contributed by atoms with Crippen LogP contribution in [0.5, 0.6) is 0 Å². The van der Waals surface area contributed by atoms with Crippen molar-refractivity contribution >= 4 is 42.5 Å². The van der Waals surface area contributed by atoms with Crippen LogP contribution in [0.4, 0.5) is 0 Å². The van der Waals surface area contributed by atoms with Gasteiger partial charge in [-0.1, -0.05) is 25.3 Å². The molecule has 1 unspecified atom stereocenters. The van der Waals surface area contributed by atoms with Crippen LogP contribution < -0.4 is 11.1 Å². The van der Waals surface area contributed by atoms with Crippen molar-refractivity contribution in [1.29, 1.82) is 0 Å². The minimum absolute atomic E-state index is 0. The molecule has 1 aromatic rings. The summed E-state index contributed by atoms with van der Waals surface area (Å²) in [5.74, 6) is 1.90. The summed E-state index contributed by atoms with van der Waals surface area (Å²) < 4.78 is 0. The third-order valence-electron chi connectivity index (χ3n) is 4.03. The number of nitrogens with one attached hydrogen (secondary N) is 1. The topological polar surface area (TPSA) is 68.0 Å². The lowest BCUT2D eigenvalue weighted by molar-refractivity contribution is -0.119. The average molecular weight is 380 g/mol. The van der Waals surface area contributed by atoms with Gasteiger partial charge in [0.15, 0.2) is 0 Å². The molecule has 2 rings (SSSR count). The fourth-order valence-electron chi connectivity index (χ4n) is 2.89. The molecule has 1 aliphatic carbocycles. The minimum atomic E-state index is 0. The van der Waals surface area contributed by atoms with E-state index in [0.29, 0.717) is 18.2 Å². The van der Waals surface area contributed by atoms with Crippen molar-refractivity contribution in [1.82, 2.24) is 10.3 Å². The number of carbonyl (C=O) groups is 1. The van der Waals surface area contributed by atoms with E-state index in [-0.39, 0.29) is 36.8 Å². The van der Waals surface area contributed by atoms with Gasteiger partial charge in [-0.05, 0) is 30.9 Å². The third-order valence-corrected chi connectivity index (χ3v) is 4.99. The van der Waals surface area contributed by atoms with Crippen molar-refractivity contribution < 1.29 is 4.79 Å². The fourth-order valence-corrected chi connectivity index (χ4v) is 3.64. The van der Waals surface area contributed by atoms with E-state index >= 15 is 0 Å². The second kappa shape index (κ2) is 12.9. The standard InChI is InChI=1S/C16H25N3OS.2ClH/c17-10-15(13-6-2-1-3-7-13)19-16(20)12-21-11-14-8-4-5-9-18-14;;/h4-5,8-9,13,15H,1-3,6-7,10-12,17H2,(H,19,20);2*1H. The van der Waals surface area contributed by atoms with Crippen molar-refractivity contribution in [3.8, 4) is 0 Å². The molecule has 0 bridgehead atoms. The first-order chi connectivity index (χ1) is 10.3. The highest BCUT2D eigenvalue weighted by Crippen LogP contribution is 2.26. The van der Waals surface area contributed by atoms with Crippen molar-refractivity contribution in [2.75, 3.05) is 12.3 Å². The summed E-state index contributed by atoms with van der Waals surface area (Å²) >= 11 is 1.60. The smallest absolute Gasteiger partial charge is 0.230 e. The lowest BCUT2D eigenvalue weighted by atomic mass is 9.84. The molecule has 1 saturated carbocycles. The van der Waals surface area contributed by atoms with Crippen LogP contribution in [0.15, 0.2) is 24.4 Å². The highest BCUT2D eigenvalue weighted by atomic mass is 35.5. The van der Waals surface area contributed by atoms with Gasteiger partial charge in [-0.15, -0.1) is 36.6 Å². The molecule has 0 radical (unpaired) electrons. The summed E-state index contributed by atoms with van der Waals surface area (Å²) in [4.78, 5) is 16.3. The van der Waals surface area contributed by atoms with E-state index in [1.165, 1.54) is 32.1 Å². The maximum absolute atomic E-state index is 12.0. The van der Waals surface area contributed by atoms with Crippen LogP contribution in [-0.4, -0.2) is 29.2 Å². The van der Waals surface area contributed by atoms with Gasteiger partial charge < -0.3 is 11.1 Å². The molecule has 0 aliphatic heterocycles. The molecule has 1 atom stereocenters. The largest absolute Gasteiger partial charge is 0.351 e. The predicted molar refractivity (Wildman–Crippen MR) is 102 cm³/mol. The number of thioether (sulfide) groups is 1. The molecule has 3 N–H and O–H groups in total. The fraction of sp³-hybridized carbons (Fsp3) is 0.625. The number of nitrogens with zero attached hydrogens (tertiary/aromatic N) is 1. The zero-order valence-electron chi connectivity index (χ0n) is 13.3. The molecule has 1 fully saturated rings. The molecule has 0 spiro atoms. The Hall–Kier alpha value is -0.490. The molecule has 0 aromatic carbocycles. The molecular weight excluding hydrogens is 353 g/mol. The van der Waals surface area contributed by atoms with Crippen molar-refractivity contribution in [3.05, 3.63) is 30.1 Å². The van der Waals surface area contributed by atoms with Gasteiger partial charge in [-0.2, -0.15) is 0 Å².